The minimum absolute atomic E-state index is 0.503. The number of nitrogens with zero attached hydrogens (tertiary/aromatic N) is 4. The van der Waals surface area contributed by atoms with Gasteiger partial charge in [-0.05, 0) is 25.0 Å². The SMILES string of the molecule is COc1cc(N)ccc1-c1nn2c(C3CCC3)nnc2s1. The first-order valence-electron chi connectivity index (χ1n) is 6.92. The summed E-state index contributed by atoms with van der Waals surface area (Å²) in [6.45, 7) is 0. The monoisotopic (exact) mass is 301 g/mol. The molecule has 1 aliphatic rings. The Morgan fingerprint density at radius 2 is 2.19 bits per heavy atom. The molecule has 3 aromatic rings. The van der Waals surface area contributed by atoms with Gasteiger partial charge in [-0.15, -0.1) is 10.2 Å². The zero-order valence-electron chi connectivity index (χ0n) is 11.6. The van der Waals surface area contributed by atoms with Crippen LogP contribution in [0.3, 0.4) is 0 Å². The molecule has 108 valence electrons. The van der Waals surface area contributed by atoms with E-state index in [1.54, 1.807) is 7.11 Å². The Morgan fingerprint density at radius 3 is 2.90 bits per heavy atom. The quantitative estimate of drug-likeness (QED) is 0.752. The number of ether oxygens (including phenoxy) is 1. The van der Waals surface area contributed by atoms with Crippen LogP contribution in [0.5, 0.6) is 5.75 Å². The molecule has 2 N–H and O–H groups in total. The first-order valence-corrected chi connectivity index (χ1v) is 7.74. The van der Waals surface area contributed by atoms with Crippen LogP contribution in [-0.4, -0.2) is 26.9 Å². The molecule has 0 bridgehead atoms. The fraction of sp³-hybridized carbons (Fsp3) is 0.357. The van der Waals surface area contributed by atoms with Crippen LogP contribution in [0.2, 0.25) is 0 Å². The van der Waals surface area contributed by atoms with Gasteiger partial charge < -0.3 is 10.5 Å². The topological polar surface area (TPSA) is 78.3 Å². The van der Waals surface area contributed by atoms with E-state index in [4.69, 9.17) is 10.5 Å². The van der Waals surface area contributed by atoms with Crippen LogP contribution >= 0.6 is 11.3 Å². The van der Waals surface area contributed by atoms with Gasteiger partial charge in [-0.1, -0.05) is 17.8 Å². The van der Waals surface area contributed by atoms with E-state index in [9.17, 15) is 0 Å². The van der Waals surface area contributed by atoms with Crippen LogP contribution in [0.25, 0.3) is 15.5 Å². The van der Waals surface area contributed by atoms with Crippen LogP contribution in [-0.2, 0) is 0 Å². The third-order valence-corrected chi connectivity index (χ3v) is 4.87. The molecule has 2 aromatic heterocycles. The maximum Gasteiger partial charge on any atom is 0.234 e. The highest BCUT2D eigenvalue weighted by Gasteiger charge is 2.26. The summed E-state index contributed by atoms with van der Waals surface area (Å²) in [5.74, 6) is 2.21. The molecule has 2 heterocycles. The van der Waals surface area contributed by atoms with Crippen molar-refractivity contribution in [1.82, 2.24) is 19.8 Å². The summed E-state index contributed by atoms with van der Waals surface area (Å²) in [5.41, 5.74) is 7.41. The van der Waals surface area contributed by atoms with Gasteiger partial charge in [-0.3, -0.25) is 0 Å². The molecule has 1 aliphatic carbocycles. The highest BCUT2D eigenvalue weighted by Crippen LogP contribution is 2.38. The van der Waals surface area contributed by atoms with Gasteiger partial charge in [-0.2, -0.15) is 9.61 Å². The van der Waals surface area contributed by atoms with Crippen LogP contribution in [0.15, 0.2) is 18.2 Å². The molecule has 1 aromatic carbocycles. The summed E-state index contributed by atoms with van der Waals surface area (Å²) >= 11 is 1.52. The number of benzene rings is 1. The van der Waals surface area contributed by atoms with Crippen LogP contribution in [0.4, 0.5) is 5.69 Å². The number of aromatic nitrogens is 4. The number of rotatable bonds is 3. The fourth-order valence-corrected chi connectivity index (χ4v) is 3.42. The van der Waals surface area contributed by atoms with Gasteiger partial charge in [0.1, 0.15) is 5.75 Å². The summed E-state index contributed by atoms with van der Waals surface area (Å²) in [7, 11) is 1.64. The van der Waals surface area contributed by atoms with Crippen molar-refractivity contribution in [3.63, 3.8) is 0 Å². The minimum Gasteiger partial charge on any atom is -0.496 e. The summed E-state index contributed by atoms with van der Waals surface area (Å²) < 4.78 is 7.28. The predicted octanol–water partition coefficient (Wildman–Crippen LogP) is 2.71. The summed E-state index contributed by atoms with van der Waals surface area (Å²) in [6, 6.07) is 5.60. The Balaban J connectivity index is 1.82. The maximum atomic E-state index is 5.80. The van der Waals surface area contributed by atoms with Crippen molar-refractivity contribution in [3.05, 3.63) is 24.0 Å². The number of hydrogen-bond acceptors (Lipinski definition) is 6. The number of hydrogen-bond donors (Lipinski definition) is 1. The first-order chi connectivity index (χ1) is 10.3. The molecule has 6 nitrogen and oxygen atoms in total. The molecule has 1 fully saturated rings. The molecule has 4 rings (SSSR count). The average Bonchev–Trinajstić information content (AvgIpc) is 2.98. The second-order valence-electron chi connectivity index (χ2n) is 5.25. The van der Waals surface area contributed by atoms with Crippen molar-refractivity contribution in [2.45, 2.75) is 25.2 Å². The number of nitrogens with two attached hydrogens (primary N) is 1. The minimum atomic E-state index is 0.503. The molecular formula is C14H15N5OS. The van der Waals surface area contributed by atoms with Crippen molar-refractivity contribution < 1.29 is 4.74 Å². The van der Waals surface area contributed by atoms with Crippen LogP contribution in [0.1, 0.15) is 31.0 Å². The maximum absolute atomic E-state index is 5.80. The van der Waals surface area contributed by atoms with Crippen LogP contribution in [0, 0.1) is 0 Å². The first kappa shape index (κ1) is 12.6. The Morgan fingerprint density at radius 1 is 1.33 bits per heavy atom. The van der Waals surface area contributed by atoms with E-state index in [-0.39, 0.29) is 0 Å². The van der Waals surface area contributed by atoms with E-state index in [0.717, 1.165) is 27.1 Å². The van der Waals surface area contributed by atoms with Crippen molar-refractivity contribution >= 4 is 22.0 Å². The van der Waals surface area contributed by atoms with E-state index in [1.165, 1.54) is 30.6 Å². The molecule has 0 saturated heterocycles. The van der Waals surface area contributed by atoms with E-state index >= 15 is 0 Å². The van der Waals surface area contributed by atoms with E-state index < -0.39 is 0 Å². The Bertz CT molecular complexity index is 805. The molecule has 0 amide bonds. The molecule has 0 spiro atoms. The van der Waals surface area contributed by atoms with Crippen molar-refractivity contribution in [2.75, 3.05) is 12.8 Å². The largest absolute Gasteiger partial charge is 0.496 e. The summed E-state index contributed by atoms with van der Waals surface area (Å²) in [6.07, 6.45) is 3.63. The molecular weight excluding hydrogens is 286 g/mol. The zero-order valence-corrected chi connectivity index (χ0v) is 12.4. The van der Waals surface area contributed by atoms with Gasteiger partial charge >= 0.3 is 0 Å². The Labute approximate surface area is 125 Å². The second kappa shape index (κ2) is 4.70. The Hall–Kier alpha value is -2.15. The van der Waals surface area contributed by atoms with Crippen LogP contribution < -0.4 is 10.5 Å². The third-order valence-electron chi connectivity index (χ3n) is 3.94. The highest BCUT2D eigenvalue weighted by atomic mass is 32.1. The smallest absolute Gasteiger partial charge is 0.234 e. The lowest BCUT2D eigenvalue weighted by molar-refractivity contribution is 0.395. The molecule has 7 heteroatoms. The van der Waals surface area contributed by atoms with Crippen molar-refractivity contribution in [1.29, 1.82) is 0 Å². The van der Waals surface area contributed by atoms with Crippen molar-refractivity contribution in [3.8, 4) is 16.3 Å². The lowest BCUT2D eigenvalue weighted by atomic mass is 9.85. The van der Waals surface area contributed by atoms with Gasteiger partial charge in [-0.25, -0.2) is 0 Å². The molecule has 0 radical (unpaired) electrons. The molecule has 21 heavy (non-hydrogen) atoms. The molecule has 0 unspecified atom stereocenters. The van der Waals surface area contributed by atoms with Gasteiger partial charge in [0.05, 0.1) is 12.7 Å². The second-order valence-corrected chi connectivity index (χ2v) is 6.20. The number of methoxy groups -OCH3 is 1. The van der Waals surface area contributed by atoms with Gasteiger partial charge in [0.2, 0.25) is 4.96 Å². The Kier molecular flexibility index (Phi) is 2.81. The number of anilines is 1. The van der Waals surface area contributed by atoms with E-state index in [0.29, 0.717) is 11.6 Å². The van der Waals surface area contributed by atoms with Crippen molar-refractivity contribution in [2.24, 2.45) is 0 Å². The summed E-state index contributed by atoms with van der Waals surface area (Å²) in [4.78, 5) is 0.825. The van der Waals surface area contributed by atoms with E-state index in [2.05, 4.69) is 15.3 Å². The highest BCUT2D eigenvalue weighted by molar-refractivity contribution is 7.19. The average molecular weight is 301 g/mol. The zero-order chi connectivity index (χ0) is 14.4. The van der Waals surface area contributed by atoms with Gasteiger partial charge in [0.25, 0.3) is 0 Å². The molecule has 1 saturated carbocycles. The predicted molar refractivity (Wildman–Crippen MR) is 81.7 cm³/mol. The van der Waals surface area contributed by atoms with Gasteiger partial charge in [0.15, 0.2) is 10.8 Å². The summed E-state index contributed by atoms with van der Waals surface area (Å²) in [5, 5.41) is 14.1. The van der Waals surface area contributed by atoms with Gasteiger partial charge in [0, 0.05) is 17.7 Å². The lowest BCUT2D eigenvalue weighted by Crippen LogP contribution is -2.13. The number of fused-ring (bicyclic) bond motifs is 1. The standard InChI is InChI=1S/C14H15N5OS/c1-20-11-7-9(15)5-6-10(11)13-18-19-12(8-3-2-4-8)16-17-14(19)21-13/h5-8H,2-4,15H2,1H3. The number of nitrogen functional groups attached to an aromatic ring is 1. The molecule has 0 aliphatic heterocycles. The molecule has 0 atom stereocenters. The lowest BCUT2D eigenvalue weighted by Gasteiger charge is -2.22. The third kappa shape index (κ3) is 1.96. The normalized spacial score (nSPS) is 15.3. The van der Waals surface area contributed by atoms with E-state index in [1.807, 2.05) is 22.7 Å². The fourth-order valence-electron chi connectivity index (χ4n) is 2.55.